The van der Waals surface area contributed by atoms with Crippen molar-refractivity contribution in [1.29, 1.82) is 0 Å². The summed E-state index contributed by atoms with van der Waals surface area (Å²) in [7, 11) is 0. The highest BCUT2D eigenvalue weighted by molar-refractivity contribution is 9.10. The van der Waals surface area contributed by atoms with E-state index in [0.717, 1.165) is 20.6 Å². The Morgan fingerprint density at radius 3 is 3.00 bits per heavy atom. The number of nitrogens with one attached hydrogen (secondary N) is 2. The summed E-state index contributed by atoms with van der Waals surface area (Å²) in [6.07, 6.45) is 1.60. The fraction of sp³-hybridized carbons (Fsp3) is 0.133. The summed E-state index contributed by atoms with van der Waals surface area (Å²) in [5, 5.41) is 5.63. The van der Waals surface area contributed by atoms with E-state index in [-0.39, 0.29) is 11.8 Å². The van der Waals surface area contributed by atoms with E-state index >= 15 is 0 Å². The summed E-state index contributed by atoms with van der Waals surface area (Å²) >= 11 is 4.78. The molecular formula is C15H12BrN3O2S. The van der Waals surface area contributed by atoms with Crippen molar-refractivity contribution < 1.29 is 9.59 Å². The molecule has 1 aliphatic rings. The van der Waals surface area contributed by atoms with Crippen LogP contribution in [0.15, 0.2) is 39.8 Å². The first-order valence-electron chi connectivity index (χ1n) is 6.53. The van der Waals surface area contributed by atoms with Crippen LogP contribution in [0.4, 0.5) is 11.4 Å². The molecule has 0 bridgehead atoms. The van der Waals surface area contributed by atoms with Crippen LogP contribution in [-0.4, -0.2) is 22.6 Å². The van der Waals surface area contributed by atoms with Crippen molar-refractivity contribution in [2.75, 3.05) is 16.4 Å². The summed E-state index contributed by atoms with van der Waals surface area (Å²) in [5.74, 6) is 0.122. The number of amides is 2. The van der Waals surface area contributed by atoms with E-state index in [2.05, 4.69) is 31.5 Å². The summed E-state index contributed by atoms with van der Waals surface area (Å²) in [4.78, 5) is 28.7. The van der Waals surface area contributed by atoms with Crippen LogP contribution in [0.3, 0.4) is 0 Å². The van der Waals surface area contributed by atoms with Gasteiger partial charge < -0.3 is 10.6 Å². The van der Waals surface area contributed by atoms with Gasteiger partial charge in [-0.05, 0) is 52.7 Å². The molecule has 0 fully saturated rings. The van der Waals surface area contributed by atoms with Gasteiger partial charge in [-0.2, -0.15) is 0 Å². The number of aryl methyl sites for hydroxylation is 1. The van der Waals surface area contributed by atoms with Crippen LogP contribution in [0.1, 0.15) is 16.1 Å². The Hall–Kier alpha value is -1.86. The molecular weight excluding hydrogens is 366 g/mol. The zero-order chi connectivity index (χ0) is 15.7. The van der Waals surface area contributed by atoms with E-state index in [4.69, 9.17) is 0 Å². The molecule has 1 aromatic heterocycles. The molecule has 2 heterocycles. The summed E-state index contributed by atoms with van der Waals surface area (Å²) in [5.41, 5.74) is 2.64. The van der Waals surface area contributed by atoms with Gasteiger partial charge in [0.15, 0.2) is 0 Å². The van der Waals surface area contributed by atoms with Crippen LogP contribution in [0.25, 0.3) is 0 Å². The molecule has 2 aromatic rings. The van der Waals surface area contributed by atoms with Crippen molar-refractivity contribution in [3.8, 4) is 0 Å². The van der Waals surface area contributed by atoms with Gasteiger partial charge >= 0.3 is 0 Å². The molecule has 2 amide bonds. The highest BCUT2D eigenvalue weighted by Gasteiger charge is 2.17. The molecule has 22 heavy (non-hydrogen) atoms. The van der Waals surface area contributed by atoms with Crippen molar-refractivity contribution >= 4 is 50.9 Å². The number of anilines is 2. The molecule has 5 nitrogen and oxygen atoms in total. The molecule has 0 saturated heterocycles. The van der Waals surface area contributed by atoms with Crippen molar-refractivity contribution in [1.82, 2.24) is 4.98 Å². The molecule has 0 unspecified atom stereocenters. The number of carbonyl (C=O) groups is 2. The van der Waals surface area contributed by atoms with Crippen molar-refractivity contribution in [3.63, 3.8) is 0 Å². The van der Waals surface area contributed by atoms with E-state index < -0.39 is 0 Å². The smallest absolute Gasteiger partial charge is 0.274 e. The topological polar surface area (TPSA) is 71.1 Å². The van der Waals surface area contributed by atoms with Crippen LogP contribution in [0.2, 0.25) is 0 Å². The van der Waals surface area contributed by atoms with E-state index in [1.807, 2.05) is 19.1 Å². The van der Waals surface area contributed by atoms with Gasteiger partial charge in [0.05, 0.1) is 11.4 Å². The van der Waals surface area contributed by atoms with Gasteiger partial charge in [-0.25, -0.2) is 4.98 Å². The Balaban J connectivity index is 1.81. The number of fused-ring (bicyclic) bond motifs is 1. The first-order valence-corrected chi connectivity index (χ1v) is 8.31. The van der Waals surface area contributed by atoms with E-state index in [9.17, 15) is 9.59 Å². The molecule has 1 aliphatic heterocycles. The number of thioether (sulfide) groups is 1. The van der Waals surface area contributed by atoms with E-state index in [0.29, 0.717) is 17.1 Å². The van der Waals surface area contributed by atoms with Crippen molar-refractivity contribution in [2.45, 2.75) is 11.8 Å². The number of nitrogens with zero attached hydrogens (tertiary/aromatic N) is 1. The van der Waals surface area contributed by atoms with Gasteiger partial charge in [-0.15, -0.1) is 11.8 Å². The lowest BCUT2D eigenvalue weighted by molar-refractivity contribution is -0.113. The highest BCUT2D eigenvalue weighted by Crippen LogP contribution is 2.33. The standard InChI is InChI=1S/C15H12BrN3O2S/c1-8-4-9(16)6-17-14(8)15(21)18-10-2-3-11-12(5-10)22-7-13(20)19-11/h2-6H,7H2,1H3,(H,18,21)(H,19,20). The molecule has 0 saturated carbocycles. The lowest BCUT2D eigenvalue weighted by Gasteiger charge is -2.17. The molecule has 112 valence electrons. The Bertz CT molecular complexity index is 779. The first kappa shape index (κ1) is 15.1. The maximum absolute atomic E-state index is 12.3. The molecule has 0 radical (unpaired) electrons. The molecule has 1 aromatic carbocycles. The van der Waals surface area contributed by atoms with Crippen LogP contribution in [-0.2, 0) is 4.79 Å². The third-order valence-corrected chi connectivity index (χ3v) is 4.62. The fourth-order valence-electron chi connectivity index (χ4n) is 2.12. The molecule has 3 rings (SSSR count). The van der Waals surface area contributed by atoms with Gasteiger partial charge in [0.25, 0.3) is 5.91 Å². The van der Waals surface area contributed by atoms with Gasteiger partial charge in [-0.3, -0.25) is 9.59 Å². The summed E-state index contributed by atoms with van der Waals surface area (Å²) < 4.78 is 0.836. The third kappa shape index (κ3) is 3.15. The number of hydrogen-bond donors (Lipinski definition) is 2. The third-order valence-electron chi connectivity index (χ3n) is 3.13. The van der Waals surface area contributed by atoms with Crippen LogP contribution in [0.5, 0.6) is 0 Å². The van der Waals surface area contributed by atoms with E-state index in [1.54, 1.807) is 18.3 Å². The second kappa shape index (κ2) is 6.10. The number of halogens is 1. The SMILES string of the molecule is Cc1cc(Br)cnc1C(=O)Nc1ccc2c(c1)SCC(=O)N2. The predicted octanol–water partition coefficient (Wildman–Crippen LogP) is 3.45. The maximum Gasteiger partial charge on any atom is 0.274 e. The number of aromatic nitrogens is 1. The zero-order valence-electron chi connectivity index (χ0n) is 11.6. The quantitative estimate of drug-likeness (QED) is 0.840. The Labute approximate surface area is 140 Å². The molecule has 0 spiro atoms. The Morgan fingerprint density at radius 1 is 1.41 bits per heavy atom. The average Bonchev–Trinajstić information content (AvgIpc) is 2.47. The number of benzene rings is 1. The number of pyridine rings is 1. The highest BCUT2D eigenvalue weighted by atomic mass is 79.9. The minimum Gasteiger partial charge on any atom is -0.324 e. The Kier molecular flexibility index (Phi) is 4.17. The second-order valence-corrected chi connectivity index (χ2v) is 6.75. The molecule has 2 N–H and O–H groups in total. The predicted molar refractivity (Wildman–Crippen MR) is 90.4 cm³/mol. The normalized spacial score (nSPS) is 13.3. The lowest BCUT2D eigenvalue weighted by Crippen LogP contribution is -2.19. The minimum atomic E-state index is -0.255. The second-order valence-electron chi connectivity index (χ2n) is 4.82. The maximum atomic E-state index is 12.3. The monoisotopic (exact) mass is 377 g/mol. The fourth-order valence-corrected chi connectivity index (χ4v) is 3.41. The molecule has 0 atom stereocenters. The van der Waals surface area contributed by atoms with Crippen molar-refractivity contribution in [2.24, 2.45) is 0 Å². The number of carbonyl (C=O) groups excluding carboxylic acids is 2. The molecule has 7 heteroatoms. The van der Waals surface area contributed by atoms with Crippen LogP contribution >= 0.6 is 27.7 Å². The largest absolute Gasteiger partial charge is 0.324 e. The number of rotatable bonds is 2. The van der Waals surface area contributed by atoms with Crippen molar-refractivity contribution in [3.05, 3.63) is 46.2 Å². The van der Waals surface area contributed by atoms with Crippen LogP contribution < -0.4 is 10.6 Å². The van der Waals surface area contributed by atoms with Gasteiger partial charge in [0, 0.05) is 21.3 Å². The summed E-state index contributed by atoms with van der Waals surface area (Å²) in [6.45, 7) is 1.84. The average molecular weight is 378 g/mol. The van der Waals surface area contributed by atoms with Crippen LogP contribution in [0, 0.1) is 6.92 Å². The Morgan fingerprint density at radius 2 is 2.23 bits per heavy atom. The number of hydrogen-bond acceptors (Lipinski definition) is 4. The van der Waals surface area contributed by atoms with E-state index in [1.165, 1.54) is 11.8 Å². The first-order chi connectivity index (χ1) is 10.5. The zero-order valence-corrected chi connectivity index (χ0v) is 14.0. The van der Waals surface area contributed by atoms with Gasteiger partial charge in [0.2, 0.25) is 5.91 Å². The minimum absolute atomic E-state index is 0.0102. The van der Waals surface area contributed by atoms with Gasteiger partial charge in [0.1, 0.15) is 5.69 Å². The van der Waals surface area contributed by atoms with Gasteiger partial charge in [-0.1, -0.05) is 0 Å². The lowest BCUT2D eigenvalue weighted by atomic mass is 10.2. The molecule has 0 aliphatic carbocycles. The summed E-state index contributed by atoms with van der Waals surface area (Å²) in [6, 6.07) is 7.25.